The molecule has 0 spiro atoms. The molecule has 2 heterocycles. The summed E-state index contributed by atoms with van der Waals surface area (Å²) >= 11 is 1.26. The second-order valence-electron chi connectivity index (χ2n) is 7.71. The Kier molecular flexibility index (Phi) is 9.84. The molecule has 15 heteroatoms. The highest BCUT2D eigenvalue weighted by Crippen LogP contribution is 2.24. The number of likely N-dealkylation sites (tertiary alicyclic amines) is 1. The van der Waals surface area contributed by atoms with E-state index in [2.05, 4.69) is 15.6 Å². The van der Waals surface area contributed by atoms with Crippen molar-refractivity contribution in [3.63, 3.8) is 0 Å². The summed E-state index contributed by atoms with van der Waals surface area (Å²) in [6, 6.07) is 5.71. The van der Waals surface area contributed by atoms with Crippen LogP contribution >= 0.6 is 11.3 Å². The number of carbonyl (C=O) groups excluding carboxylic acids is 3. The first-order chi connectivity index (χ1) is 16.5. The molecule has 35 heavy (non-hydrogen) atoms. The number of thiazole rings is 1. The Hall–Kier alpha value is -3.85. The van der Waals surface area contributed by atoms with E-state index in [-0.39, 0.29) is 30.6 Å². The number of carbonyl (C=O) groups is 3. The van der Waals surface area contributed by atoms with Crippen molar-refractivity contribution in [2.24, 2.45) is 5.73 Å². The maximum atomic E-state index is 13.2. The molecular formula is C20H27N7O7S. The first-order valence-electron chi connectivity index (χ1n) is 10.6. The molecule has 0 radical (unpaired) electrons. The lowest BCUT2D eigenvalue weighted by molar-refractivity contribution is -0.742. The van der Waals surface area contributed by atoms with Gasteiger partial charge in [0.2, 0.25) is 17.6 Å². The fourth-order valence-corrected chi connectivity index (χ4v) is 4.56. The standard InChI is InChI=1S/C20H26N6O4S.HNO3/c1-11(27)26-10-12(28)9-15(26)18(30)24-14(6-4-8-23-20(21)22)17(29)19-25-13-5-2-3-7-16(13)31-19;2-1(3)4/h2-3,5,7,12,14-15,28H,4,6,8-10H2,1H3,(H,24,30)(H4,21,22,23);(H,2,3,4)/t12-,14+,15+;/m1./s1. The number of aliphatic hydroxyl groups is 1. The van der Waals surface area contributed by atoms with Gasteiger partial charge in [-0.3, -0.25) is 19.8 Å². The summed E-state index contributed by atoms with van der Waals surface area (Å²) < 4.78 is 0.871. The van der Waals surface area contributed by atoms with Crippen LogP contribution in [0.1, 0.15) is 36.0 Å². The molecule has 14 nitrogen and oxygen atoms in total. The number of nitrogens with one attached hydrogen (secondary N) is 3. The summed E-state index contributed by atoms with van der Waals surface area (Å²) in [5.74, 6) is -1.28. The van der Waals surface area contributed by atoms with Gasteiger partial charge in [0.25, 0.3) is 5.09 Å². The molecule has 0 aliphatic carbocycles. The topological polar surface area (TPSA) is 225 Å². The van der Waals surface area contributed by atoms with E-state index in [4.69, 9.17) is 26.5 Å². The Bertz CT molecular complexity index is 1060. The third kappa shape index (κ3) is 8.15. The lowest BCUT2D eigenvalue weighted by Crippen LogP contribution is -2.50. The molecule has 2 amide bonds. The third-order valence-corrected chi connectivity index (χ3v) is 6.16. The van der Waals surface area contributed by atoms with Gasteiger partial charge in [0.1, 0.15) is 6.04 Å². The first kappa shape index (κ1) is 27.4. The number of fused-ring (bicyclic) bond motifs is 1. The Labute approximate surface area is 203 Å². The van der Waals surface area contributed by atoms with Crippen molar-refractivity contribution in [2.45, 2.75) is 44.4 Å². The molecule has 1 aliphatic rings. The van der Waals surface area contributed by atoms with Crippen molar-refractivity contribution in [2.75, 3.05) is 13.1 Å². The van der Waals surface area contributed by atoms with E-state index in [1.165, 1.54) is 23.2 Å². The van der Waals surface area contributed by atoms with Crippen molar-refractivity contribution in [1.29, 1.82) is 5.41 Å². The summed E-state index contributed by atoms with van der Waals surface area (Å²) in [5, 5.41) is 36.5. The molecule has 0 saturated carbocycles. The van der Waals surface area contributed by atoms with Crippen LogP contribution in [-0.2, 0) is 9.59 Å². The van der Waals surface area contributed by atoms with Crippen LogP contribution in [0.3, 0.4) is 0 Å². The number of hydrogen-bond acceptors (Lipinski definition) is 9. The average molecular weight is 510 g/mol. The zero-order valence-corrected chi connectivity index (χ0v) is 19.7. The van der Waals surface area contributed by atoms with E-state index < -0.39 is 29.2 Å². The monoisotopic (exact) mass is 509 g/mol. The zero-order chi connectivity index (χ0) is 26.1. The number of β-amino-alcohol motifs (C(OH)–C–C–N with tert-alkyl or cyclic N) is 1. The number of benzene rings is 1. The minimum Gasteiger partial charge on any atom is -0.391 e. The highest BCUT2D eigenvalue weighted by molar-refractivity contribution is 7.20. The normalized spacial score (nSPS) is 17.7. The predicted octanol–water partition coefficient (Wildman–Crippen LogP) is -0.139. The van der Waals surface area contributed by atoms with Crippen molar-refractivity contribution in [1.82, 2.24) is 20.5 Å². The van der Waals surface area contributed by atoms with E-state index in [9.17, 15) is 19.5 Å². The van der Waals surface area contributed by atoms with Crippen molar-refractivity contribution in [3.05, 3.63) is 39.4 Å². The molecule has 1 aromatic heterocycles. The fourth-order valence-electron chi connectivity index (χ4n) is 3.60. The second-order valence-corrected chi connectivity index (χ2v) is 8.74. The van der Waals surface area contributed by atoms with Crippen molar-refractivity contribution < 1.29 is 29.8 Å². The molecule has 3 atom stereocenters. The molecule has 1 aromatic carbocycles. The van der Waals surface area contributed by atoms with Crippen LogP contribution in [0.5, 0.6) is 0 Å². The number of ketones is 1. The second kappa shape index (κ2) is 12.6. The molecule has 0 unspecified atom stereocenters. The molecule has 190 valence electrons. The SMILES string of the molecule is CC(=O)N1C[C@H](O)C[C@H]1C(=O)N[C@@H](CCCNC(=N)N)C(=O)c1nc2ccccc2s1.O=[N+]([O-])O. The Morgan fingerprint density at radius 2 is 2.06 bits per heavy atom. The summed E-state index contributed by atoms with van der Waals surface area (Å²) in [7, 11) is 0. The molecular weight excluding hydrogens is 482 g/mol. The van der Waals surface area contributed by atoms with Crippen molar-refractivity contribution in [3.8, 4) is 0 Å². The highest BCUT2D eigenvalue weighted by Gasteiger charge is 2.39. The van der Waals surface area contributed by atoms with Gasteiger partial charge in [-0.1, -0.05) is 12.1 Å². The molecule has 1 aliphatic heterocycles. The van der Waals surface area contributed by atoms with Gasteiger partial charge < -0.3 is 31.6 Å². The van der Waals surface area contributed by atoms with Crippen LogP contribution in [0, 0.1) is 15.5 Å². The van der Waals surface area contributed by atoms with Crippen LogP contribution in [0.2, 0.25) is 0 Å². The van der Waals surface area contributed by atoms with Gasteiger partial charge in [0.05, 0.1) is 22.4 Å². The molecule has 0 bridgehead atoms. The number of nitrogens with zero attached hydrogens (tertiary/aromatic N) is 3. The van der Waals surface area contributed by atoms with Crippen molar-refractivity contribution >= 4 is 45.1 Å². The minimum absolute atomic E-state index is 0.0897. The molecule has 3 rings (SSSR count). The average Bonchev–Trinajstić information content (AvgIpc) is 3.38. The number of nitrogens with two attached hydrogens (primary N) is 1. The number of rotatable bonds is 8. The zero-order valence-electron chi connectivity index (χ0n) is 18.8. The molecule has 2 aromatic rings. The third-order valence-electron chi connectivity index (χ3n) is 5.11. The van der Waals surface area contributed by atoms with E-state index in [0.29, 0.717) is 29.9 Å². The van der Waals surface area contributed by atoms with Gasteiger partial charge >= 0.3 is 0 Å². The smallest absolute Gasteiger partial charge is 0.291 e. The highest BCUT2D eigenvalue weighted by atomic mass is 32.1. The Balaban J connectivity index is 0.00000100. The van der Waals surface area contributed by atoms with Gasteiger partial charge in [0.15, 0.2) is 11.0 Å². The van der Waals surface area contributed by atoms with Crippen LogP contribution < -0.4 is 16.4 Å². The molecule has 7 N–H and O–H groups in total. The van der Waals surface area contributed by atoms with E-state index in [1.54, 1.807) is 0 Å². The number of para-hydroxylation sites is 1. The molecule has 1 saturated heterocycles. The summed E-state index contributed by atoms with van der Waals surface area (Å²) in [5.41, 5.74) is 6.00. The number of Topliss-reactive ketones (excluding diaryl/α,β-unsaturated/α-hetero) is 1. The quantitative estimate of drug-likeness (QED) is 0.0689. The van der Waals surface area contributed by atoms with Gasteiger partial charge in [-0.25, -0.2) is 4.98 Å². The number of aromatic nitrogens is 1. The Morgan fingerprint density at radius 3 is 2.66 bits per heavy atom. The van der Waals surface area contributed by atoms with Crippen LogP contribution in [0.4, 0.5) is 0 Å². The summed E-state index contributed by atoms with van der Waals surface area (Å²) in [6.07, 6.45) is 0.123. The van der Waals surface area contributed by atoms with Crippen LogP contribution in [-0.4, -0.2) is 80.1 Å². The number of amides is 2. The van der Waals surface area contributed by atoms with E-state index in [0.717, 1.165) is 4.70 Å². The van der Waals surface area contributed by atoms with Gasteiger partial charge in [0, 0.05) is 26.4 Å². The van der Waals surface area contributed by atoms with Gasteiger partial charge in [-0.05, 0) is 25.0 Å². The van der Waals surface area contributed by atoms with E-state index in [1.807, 2.05) is 24.3 Å². The number of aliphatic hydroxyl groups excluding tert-OH is 1. The largest absolute Gasteiger partial charge is 0.391 e. The van der Waals surface area contributed by atoms with Gasteiger partial charge in [-0.2, -0.15) is 0 Å². The predicted molar refractivity (Wildman–Crippen MR) is 126 cm³/mol. The minimum atomic E-state index is -1.50. The maximum Gasteiger partial charge on any atom is 0.291 e. The lowest BCUT2D eigenvalue weighted by atomic mass is 10.1. The van der Waals surface area contributed by atoms with E-state index >= 15 is 0 Å². The number of hydrogen-bond donors (Lipinski definition) is 6. The lowest BCUT2D eigenvalue weighted by Gasteiger charge is -2.24. The van der Waals surface area contributed by atoms with Crippen LogP contribution in [0.25, 0.3) is 10.2 Å². The molecule has 1 fully saturated rings. The Morgan fingerprint density at radius 1 is 1.40 bits per heavy atom. The van der Waals surface area contributed by atoms with Gasteiger partial charge in [-0.15, -0.1) is 21.5 Å². The summed E-state index contributed by atoms with van der Waals surface area (Å²) in [4.78, 5) is 52.0. The maximum absolute atomic E-state index is 13.2. The fraction of sp³-hybridized carbons (Fsp3) is 0.450. The first-order valence-corrected chi connectivity index (χ1v) is 11.4. The van der Waals surface area contributed by atoms with Crippen LogP contribution in [0.15, 0.2) is 24.3 Å². The number of guanidine groups is 1. The summed E-state index contributed by atoms with van der Waals surface area (Å²) in [6.45, 7) is 1.80.